The van der Waals surface area contributed by atoms with Gasteiger partial charge in [0.25, 0.3) is 0 Å². The van der Waals surface area contributed by atoms with Gasteiger partial charge in [0.05, 0.1) is 25.2 Å². The Morgan fingerprint density at radius 2 is 1.90 bits per heavy atom. The zero-order chi connectivity index (χ0) is 14.7. The molecule has 0 unspecified atom stereocenters. The van der Waals surface area contributed by atoms with E-state index >= 15 is 0 Å². The van der Waals surface area contributed by atoms with Gasteiger partial charge in [-0.05, 0) is 25.1 Å². The topological polar surface area (TPSA) is 65.7 Å². The molecule has 5 nitrogen and oxygen atoms in total. The fourth-order valence-corrected chi connectivity index (χ4v) is 1.89. The second-order valence-corrected chi connectivity index (χ2v) is 4.14. The Bertz CT molecular complexity index is 740. The van der Waals surface area contributed by atoms with Gasteiger partial charge >= 0.3 is 5.63 Å². The summed E-state index contributed by atoms with van der Waals surface area (Å²) < 4.78 is 15.8. The highest BCUT2D eigenvalue weighted by atomic mass is 16.5. The minimum absolute atomic E-state index is 0.116. The molecule has 0 bridgehead atoms. The molecular formula is C15H14O5. The molecule has 2 rings (SSSR count). The summed E-state index contributed by atoms with van der Waals surface area (Å²) in [5, 5.41) is 0.635. The standard InChI is InChI=1S/C15H14O5/c1-9(16)4-5-10-12(18-2)8-13(19-3)11-6-7-14(17)20-15(10)11/h4-8H,1-3H3/b5-4+. The van der Waals surface area contributed by atoms with Gasteiger partial charge in [0.15, 0.2) is 11.4 Å². The van der Waals surface area contributed by atoms with E-state index in [1.165, 1.54) is 33.3 Å². The molecule has 0 saturated carbocycles. The first-order valence-corrected chi connectivity index (χ1v) is 5.94. The van der Waals surface area contributed by atoms with Gasteiger partial charge in [0, 0.05) is 12.1 Å². The second-order valence-electron chi connectivity index (χ2n) is 4.14. The molecule has 0 spiro atoms. The molecule has 1 heterocycles. The molecule has 0 atom stereocenters. The van der Waals surface area contributed by atoms with Crippen molar-refractivity contribution in [1.82, 2.24) is 0 Å². The molecule has 1 aromatic carbocycles. The first-order chi connectivity index (χ1) is 9.56. The fraction of sp³-hybridized carbons (Fsp3) is 0.200. The van der Waals surface area contributed by atoms with Crippen molar-refractivity contribution in [2.45, 2.75) is 6.92 Å². The van der Waals surface area contributed by atoms with Crippen LogP contribution in [0.2, 0.25) is 0 Å². The number of carbonyl (C=O) groups excluding carboxylic acids is 1. The summed E-state index contributed by atoms with van der Waals surface area (Å²) in [5.41, 5.74) is 0.368. The Balaban J connectivity index is 2.85. The summed E-state index contributed by atoms with van der Waals surface area (Å²) in [6.45, 7) is 1.44. The molecule has 20 heavy (non-hydrogen) atoms. The van der Waals surface area contributed by atoms with Crippen molar-refractivity contribution in [3.05, 3.63) is 40.3 Å². The largest absolute Gasteiger partial charge is 0.496 e. The third kappa shape index (κ3) is 2.56. The quantitative estimate of drug-likeness (QED) is 0.632. The van der Waals surface area contributed by atoms with E-state index in [9.17, 15) is 9.59 Å². The predicted molar refractivity (Wildman–Crippen MR) is 75.3 cm³/mol. The molecule has 0 saturated heterocycles. The van der Waals surface area contributed by atoms with Gasteiger partial charge in [0.2, 0.25) is 0 Å². The van der Waals surface area contributed by atoms with Crippen LogP contribution in [0.1, 0.15) is 12.5 Å². The number of rotatable bonds is 4. The van der Waals surface area contributed by atoms with Crippen LogP contribution in [0.25, 0.3) is 17.0 Å². The molecule has 104 valence electrons. The van der Waals surface area contributed by atoms with Crippen molar-refractivity contribution in [3.63, 3.8) is 0 Å². The molecule has 5 heteroatoms. The maximum atomic E-state index is 11.4. The first-order valence-electron chi connectivity index (χ1n) is 5.94. The number of methoxy groups -OCH3 is 2. The number of ketones is 1. The zero-order valence-corrected chi connectivity index (χ0v) is 11.4. The minimum Gasteiger partial charge on any atom is -0.496 e. The van der Waals surface area contributed by atoms with Crippen molar-refractivity contribution < 1.29 is 18.7 Å². The summed E-state index contributed by atoms with van der Waals surface area (Å²) in [7, 11) is 3.01. The molecule has 0 aliphatic rings. The van der Waals surface area contributed by atoms with Crippen molar-refractivity contribution in [3.8, 4) is 11.5 Å². The highest BCUT2D eigenvalue weighted by molar-refractivity contribution is 5.98. The molecule has 0 fully saturated rings. The van der Waals surface area contributed by atoms with Crippen LogP contribution in [0.15, 0.2) is 33.5 Å². The third-order valence-corrected chi connectivity index (χ3v) is 2.80. The van der Waals surface area contributed by atoms with Crippen LogP contribution in [-0.2, 0) is 4.79 Å². The van der Waals surface area contributed by atoms with Crippen LogP contribution >= 0.6 is 0 Å². The van der Waals surface area contributed by atoms with Gasteiger partial charge in [-0.3, -0.25) is 4.79 Å². The van der Waals surface area contributed by atoms with E-state index in [2.05, 4.69) is 0 Å². The number of carbonyl (C=O) groups is 1. The van der Waals surface area contributed by atoms with Crippen LogP contribution < -0.4 is 15.1 Å². The lowest BCUT2D eigenvalue weighted by Crippen LogP contribution is -1.99. The van der Waals surface area contributed by atoms with Crippen molar-refractivity contribution in [1.29, 1.82) is 0 Å². The van der Waals surface area contributed by atoms with Gasteiger partial charge in [-0.15, -0.1) is 0 Å². The predicted octanol–water partition coefficient (Wildman–Crippen LogP) is 2.41. The monoisotopic (exact) mass is 274 g/mol. The van der Waals surface area contributed by atoms with E-state index in [0.29, 0.717) is 28.0 Å². The van der Waals surface area contributed by atoms with E-state index in [4.69, 9.17) is 13.9 Å². The van der Waals surface area contributed by atoms with Crippen LogP contribution in [0.4, 0.5) is 0 Å². The summed E-state index contributed by atoms with van der Waals surface area (Å²) in [4.78, 5) is 22.5. The minimum atomic E-state index is -0.481. The van der Waals surface area contributed by atoms with Gasteiger partial charge in [-0.1, -0.05) is 0 Å². The van der Waals surface area contributed by atoms with Crippen LogP contribution in [0, 0.1) is 0 Å². The fourth-order valence-electron chi connectivity index (χ4n) is 1.89. The Morgan fingerprint density at radius 1 is 1.20 bits per heavy atom. The number of hydrogen-bond donors (Lipinski definition) is 0. The molecule has 1 aromatic heterocycles. The van der Waals surface area contributed by atoms with E-state index in [1.807, 2.05) is 0 Å². The number of allylic oxidation sites excluding steroid dienone is 1. The Labute approximate surface area is 115 Å². The average molecular weight is 274 g/mol. The molecule has 0 radical (unpaired) electrons. The van der Waals surface area contributed by atoms with Gasteiger partial charge < -0.3 is 13.9 Å². The maximum Gasteiger partial charge on any atom is 0.336 e. The lowest BCUT2D eigenvalue weighted by atomic mass is 10.1. The average Bonchev–Trinajstić information content (AvgIpc) is 2.43. The Hall–Kier alpha value is -2.56. The van der Waals surface area contributed by atoms with Crippen LogP contribution in [0.3, 0.4) is 0 Å². The van der Waals surface area contributed by atoms with Gasteiger partial charge in [-0.2, -0.15) is 0 Å². The first kappa shape index (κ1) is 13.9. The number of benzene rings is 1. The molecule has 0 amide bonds. The normalized spacial score (nSPS) is 10.9. The Kier molecular flexibility index (Phi) is 3.89. The Morgan fingerprint density at radius 3 is 2.50 bits per heavy atom. The van der Waals surface area contributed by atoms with E-state index in [-0.39, 0.29) is 5.78 Å². The molecule has 2 aromatic rings. The summed E-state index contributed by atoms with van der Waals surface area (Å²) in [5.74, 6) is 0.871. The highest BCUT2D eigenvalue weighted by Crippen LogP contribution is 2.35. The second kappa shape index (κ2) is 5.61. The SMILES string of the molecule is COc1cc(OC)c2ccc(=O)oc2c1/C=C/C(C)=O. The van der Waals surface area contributed by atoms with E-state index in [0.717, 1.165) is 0 Å². The smallest absolute Gasteiger partial charge is 0.336 e. The number of fused-ring (bicyclic) bond motifs is 1. The zero-order valence-electron chi connectivity index (χ0n) is 11.4. The third-order valence-electron chi connectivity index (χ3n) is 2.80. The molecule has 0 aliphatic heterocycles. The van der Waals surface area contributed by atoms with Gasteiger partial charge in [-0.25, -0.2) is 4.79 Å². The van der Waals surface area contributed by atoms with Crippen molar-refractivity contribution in [2.75, 3.05) is 14.2 Å². The highest BCUT2D eigenvalue weighted by Gasteiger charge is 2.14. The molecular weight excluding hydrogens is 260 g/mol. The van der Waals surface area contributed by atoms with Crippen LogP contribution in [-0.4, -0.2) is 20.0 Å². The molecule has 0 aliphatic carbocycles. The summed E-state index contributed by atoms with van der Waals surface area (Å²) in [6.07, 6.45) is 2.95. The van der Waals surface area contributed by atoms with Gasteiger partial charge in [0.1, 0.15) is 11.5 Å². The summed E-state index contributed by atoms with van der Waals surface area (Å²) in [6, 6.07) is 4.61. The van der Waals surface area contributed by atoms with Crippen LogP contribution in [0.5, 0.6) is 11.5 Å². The maximum absolute atomic E-state index is 11.4. The van der Waals surface area contributed by atoms with Crippen molar-refractivity contribution >= 4 is 22.8 Å². The summed E-state index contributed by atoms with van der Waals surface area (Å²) >= 11 is 0. The molecule has 0 N–H and O–H groups in total. The van der Waals surface area contributed by atoms with E-state index < -0.39 is 5.63 Å². The van der Waals surface area contributed by atoms with E-state index in [1.54, 1.807) is 18.2 Å². The number of hydrogen-bond acceptors (Lipinski definition) is 5. The number of ether oxygens (including phenoxy) is 2. The van der Waals surface area contributed by atoms with Crippen molar-refractivity contribution in [2.24, 2.45) is 0 Å². The lowest BCUT2D eigenvalue weighted by molar-refractivity contribution is -0.112. The lowest BCUT2D eigenvalue weighted by Gasteiger charge is -2.11.